The quantitative estimate of drug-likeness (QED) is 0.553. The molecule has 1 saturated heterocycles. The van der Waals surface area contributed by atoms with Crippen LogP contribution in [0.5, 0.6) is 0 Å². The van der Waals surface area contributed by atoms with Crippen LogP contribution in [0, 0.1) is 5.92 Å². The third-order valence-corrected chi connectivity index (χ3v) is 5.20. The minimum atomic E-state index is -2.63. The van der Waals surface area contributed by atoms with Gasteiger partial charge in [-0.25, -0.2) is 4.98 Å². The van der Waals surface area contributed by atoms with Crippen LogP contribution in [-0.4, -0.2) is 51.8 Å². The molecule has 0 radical (unpaired) electrons. The summed E-state index contributed by atoms with van der Waals surface area (Å²) < 4.78 is 32.4. The van der Waals surface area contributed by atoms with E-state index in [1.165, 1.54) is 4.57 Å². The Morgan fingerprint density at radius 2 is 2.15 bits per heavy atom. The highest BCUT2D eigenvalue weighted by Crippen LogP contribution is 2.29. The standard InChI is InChI=1S/C18H21F2N3O3S/c1-2-26-16(25)12-6-5-9-22(10-12)15(24)11-23-14-8-4-3-7-13(14)21-18(23)27-17(19)20/h3-4,7-8,12,17H,2,5-6,9-11H2,1H3/t12-/m0/s1. The highest BCUT2D eigenvalue weighted by atomic mass is 32.2. The molecule has 1 atom stereocenters. The molecule has 1 aliphatic rings. The highest BCUT2D eigenvalue weighted by molar-refractivity contribution is 7.99. The van der Waals surface area contributed by atoms with Gasteiger partial charge in [0.05, 0.1) is 23.6 Å². The van der Waals surface area contributed by atoms with Crippen LogP contribution < -0.4 is 0 Å². The lowest BCUT2D eigenvalue weighted by Crippen LogP contribution is -2.44. The number of aromatic nitrogens is 2. The number of hydrogen-bond donors (Lipinski definition) is 0. The van der Waals surface area contributed by atoms with Crippen molar-refractivity contribution in [2.45, 2.75) is 37.2 Å². The van der Waals surface area contributed by atoms with E-state index in [0.29, 0.717) is 55.3 Å². The van der Waals surface area contributed by atoms with Crippen LogP contribution in [0.1, 0.15) is 19.8 Å². The minimum Gasteiger partial charge on any atom is -0.466 e. The molecule has 0 aliphatic carbocycles. The fourth-order valence-corrected chi connectivity index (χ4v) is 3.87. The molecule has 1 amide bonds. The maximum Gasteiger partial charge on any atom is 0.310 e. The fraction of sp³-hybridized carbons (Fsp3) is 0.500. The molecule has 1 aromatic heterocycles. The molecule has 0 unspecified atom stereocenters. The van der Waals surface area contributed by atoms with Crippen molar-refractivity contribution in [3.63, 3.8) is 0 Å². The van der Waals surface area contributed by atoms with Crippen molar-refractivity contribution in [1.29, 1.82) is 0 Å². The zero-order valence-electron chi connectivity index (χ0n) is 14.9. The number of fused-ring (bicyclic) bond motifs is 1. The topological polar surface area (TPSA) is 64.4 Å². The number of halogens is 2. The first-order chi connectivity index (χ1) is 13.0. The molecule has 9 heteroatoms. The number of benzene rings is 1. The largest absolute Gasteiger partial charge is 0.466 e. The zero-order chi connectivity index (χ0) is 19.4. The smallest absolute Gasteiger partial charge is 0.310 e. The van der Waals surface area contributed by atoms with Crippen LogP contribution >= 0.6 is 11.8 Å². The predicted molar refractivity (Wildman–Crippen MR) is 97.5 cm³/mol. The summed E-state index contributed by atoms with van der Waals surface area (Å²) in [5.74, 6) is -3.48. The van der Waals surface area contributed by atoms with E-state index in [2.05, 4.69) is 4.98 Å². The van der Waals surface area contributed by atoms with Gasteiger partial charge >= 0.3 is 5.97 Å². The monoisotopic (exact) mass is 397 g/mol. The number of ether oxygens (including phenoxy) is 1. The van der Waals surface area contributed by atoms with E-state index >= 15 is 0 Å². The van der Waals surface area contributed by atoms with Gasteiger partial charge in [-0.1, -0.05) is 12.1 Å². The van der Waals surface area contributed by atoms with E-state index in [9.17, 15) is 18.4 Å². The van der Waals surface area contributed by atoms with Gasteiger partial charge < -0.3 is 14.2 Å². The van der Waals surface area contributed by atoms with Gasteiger partial charge in [0.15, 0.2) is 5.16 Å². The molecule has 0 saturated carbocycles. The Hall–Kier alpha value is -2.16. The Bertz CT molecular complexity index is 827. The SMILES string of the molecule is CCOC(=O)[C@H]1CCCN(C(=O)Cn2c(SC(F)F)nc3ccccc32)C1. The molecule has 2 heterocycles. The zero-order valence-corrected chi connectivity index (χ0v) is 15.8. The molecule has 1 fully saturated rings. The second-order valence-electron chi connectivity index (χ2n) is 6.28. The number of imidazole rings is 1. The number of likely N-dealkylation sites (tertiary alicyclic amines) is 1. The number of carbonyl (C=O) groups is 2. The van der Waals surface area contributed by atoms with Gasteiger partial charge in [-0.15, -0.1) is 0 Å². The summed E-state index contributed by atoms with van der Waals surface area (Å²) in [6.07, 6.45) is 1.39. The molecule has 3 rings (SSSR count). The van der Waals surface area contributed by atoms with E-state index in [1.54, 1.807) is 36.1 Å². The summed E-state index contributed by atoms with van der Waals surface area (Å²) in [6.45, 7) is 2.79. The van der Waals surface area contributed by atoms with E-state index in [1.807, 2.05) is 0 Å². The molecule has 0 N–H and O–H groups in total. The number of piperidine rings is 1. The van der Waals surface area contributed by atoms with Crippen LogP contribution in [0.15, 0.2) is 29.4 Å². The second-order valence-corrected chi connectivity index (χ2v) is 7.24. The highest BCUT2D eigenvalue weighted by Gasteiger charge is 2.30. The molecule has 6 nitrogen and oxygen atoms in total. The van der Waals surface area contributed by atoms with Crippen LogP contribution in [0.4, 0.5) is 8.78 Å². The maximum absolute atomic E-state index is 12.9. The van der Waals surface area contributed by atoms with Crippen molar-refractivity contribution in [2.75, 3.05) is 19.7 Å². The van der Waals surface area contributed by atoms with E-state index < -0.39 is 5.76 Å². The van der Waals surface area contributed by atoms with E-state index in [0.717, 1.165) is 0 Å². The molecule has 0 spiro atoms. The summed E-state index contributed by atoms with van der Waals surface area (Å²) in [7, 11) is 0. The average molecular weight is 397 g/mol. The Morgan fingerprint density at radius 1 is 1.37 bits per heavy atom. The van der Waals surface area contributed by atoms with Crippen molar-refractivity contribution in [1.82, 2.24) is 14.5 Å². The number of amides is 1. The van der Waals surface area contributed by atoms with Gasteiger partial charge in [-0.05, 0) is 43.7 Å². The summed E-state index contributed by atoms with van der Waals surface area (Å²) in [4.78, 5) is 30.6. The number of para-hydroxylation sites is 2. The molecular formula is C18H21F2N3O3S. The summed E-state index contributed by atoms with van der Waals surface area (Å²) in [6, 6.07) is 7.03. The van der Waals surface area contributed by atoms with Gasteiger partial charge in [0, 0.05) is 13.1 Å². The third kappa shape index (κ3) is 4.58. The van der Waals surface area contributed by atoms with E-state index in [4.69, 9.17) is 4.74 Å². The number of esters is 1. The van der Waals surface area contributed by atoms with Crippen LogP contribution in [0.25, 0.3) is 11.0 Å². The van der Waals surface area contributed by atoms with Gasteiger partial charge in [0.25, 0.3) is 5.76 Å². The Kier molecular flexibility index (Phi) is 6.30. The fourth-order valence-electron chi connectivity index (χ4n) is 3.27. The van der Waals surface area contributed by atoms with Gasteiger partial charge in [0.2, 0.25) is 5.91 Å². The number of alkyl halides is 2. The number of carbonyl (C=O) groups excluding carboxylic acids is 2. The van der Waals surface area contributed by atoms with Crippen molar-refractivity contribution >= 4 is 34.7 Å². The Labute approximate surface area is 159 Å². The summed E-state index contributed by atoms with van der Waals surface area (Å²) >= 11 is 0.325. The Balaban J connectivity index is 1.78. The van der Waals surface area contributed by atoms with E-state index in [-0.39, 0.29) is 29.5 Å². The molecule has 0 bridgehead atoms. The van der Waals surface area contributed by atoms with Crippen LogP contribution in [-0.2, 0) is 20.9 Å². The first kappa shape index (κ1) is 19.6. The molecular weight excluding hydrogens is 376 g/mol. The lowest BCUT2D eigenvalue weighted by molar-refractivity contribution is -0.151. The lowest BCUT2D eigenvalue weighted by atomic mass is 9.98. The number of nitrogens with zero attached hydrogens (tertiary/aromatic N) is 3. The number of rotatable bonds is 6. The normalized spacial score (nSPS) is 17.5. The van der Waals surface area contributed by atoms with Gasteiger partial charge in [-0.3, -0.25) is 9.59 Å². The third-order valence-electron chi connectivity index (χ3n) is 4.50. The predicted octanol–water partition coefficient (Wildman–Crippen LogP) is 3.15. The van der Waals surface area contributed by atoms with Crippen LogP contribution in [0.2, 0.25) is 0 Å². The molecule has 1 aliphatic heterocycles. The number of hydrogen-bond acceptors (Lipinski definition) is 5. The summed E-state index contributed by atoms with van der Waals surface area (Å²) in [5, 5.41) is 0.110. The molecule has 1 aromatic carbocycles. The minimum absolute atomic E-state index is 0.0922. The second kappa shape index (κ2) is 8.69. The first-order valence-corrected chi connectivity index (χ1v) is 9.72. The average Bonchev–Trinajstić information content (AvgIpc) is 2.98. The number of thioether (sulfide) groups is 1. The maximum atomic E-state index is 12.9. The van der Waals surface area contributed by atoms with Crippen molar-refractivity contribution in [2.24, 2.45) is 5.92 Å². The van der Waals surface area contributed by atoms with Gasteiger partial charge in [0.1, 0.15) is 6.54 Å². The van der Waals surface area contributed by atoms with Gasteiger partial charge in [-0.2, -0.15) is 8.78 Å². The van der Waals surface area contributed by atoms with Crippen molar-refractivity contribution in [3.8, 4) is 0 Å². The molecule has 2 aromatic rings. The van der Waals surface area contributed by atoms with Crippen LogP contribution in [0.3, 0.4) is 0 Å². The van der Waals surface area contributed by atoms with Crippen molar-refractivity contribution < 1.29 is 23.1 Å². The molecule has 146 valence electrons. The Morgan fingerprint density at radius 3 is 2.89 bits per heavy atom. The molecule has 27 heavy (non-hydrogen) atoms. The lowest BCUT2D eigenvalue weighted by Gasteiger charge is -2.31. The summed E-state index contributed by atoms with van der Waals surface area (Å²) in [5.41, 5.74) is 1.20. The van der Waals surface area contributed by atoms with Crippen molar-refractivity contribution in [3.05, 3.63) is 24.3 Å². The first-order valence-electron chi connectivity index (χ1n) is 8.84.